The number of anilines is 2. The number of unbranched alkanes of at least 4 members (excludes halogenated alkanes) is 1. The Labute approximate surface area is 147 Å². The lowest BCUT2D eigenvalue weighted by Gasteiger charge is -2.18. The predicted octanol–water partition coefficient (Wildman–Crippen LogP) is 3.36. The zero-order valence-corrected chi connectivity index (χ0v) is 14.8. The van der Waals surface area contributed by atoms with Gasteiger partial charge in [0.2, 0.25) is 0 Å². The van der Waals surface area contributed by atoms with Crippen LogP contribution in [0.15, 0.2) is 42.6 Å². The molecule has 1 heterocycles. The third kappa shape index (κ3) is 5.04. The lowest BCUT2D eigenvalue weighted by atomic mass is 10.2. The maximum atomic E-state index is 12.4. The number of amides is 1. The van der Waals surface area contributed by atoms with E-state index in [4.69, 9.17) is 0 Å². The zero-order valence-electron chi connectivity index (χ0n) is 14.8. The molecule has 6 heteroatoms. The molecule has 25 heavy (non-hydrogen) atoms. The fourth-order valence-corrected chi connectivity index (χ4v) is 2.29. The Kier molecular flexibility index (Phi) is 6.51. The topological polar surface area (TPSA) is 71.5 Å². The number of esters is 1. The van der Waals surface area contributed by atoms with Gasteiger partial charge in [-0.15, -0.1) is 0 Å². The summed E-state index contributed by atoms with van der Waals surface area (Å²) >= 11 is 0. The van der Waals surface area contributed by atoms with Crippen molar-refractivity contribution >= 4 is 23.4 Å². The second-order valence-electron chi connectivity index (χ2n) is 5.70. The molecule has 0 aliphatic carbocycles. The number of hydrogen-bond donors (Lipinski definition) is 1. The molecule has 0 radical (unpaired) electrons. The normalized spacial score (nSPS) is 10.2. The van der Waals surface area contributed by atoms with Crippen LogP contribution in [0, 0.1) is 0 Å². The van der Waals surface area contributed by atoms with E-state index in [0.29, 0.717) is 16.8 Å². The van der Waals surface area contributed by atoms with Crippen LogP contribution >= 0.6 is 0 Å². The van der Waals surface area contributed by atoms with Crippen molar-refractivity contribution in [3.63, 3.8) is 0 Å². The first-order valence-electron chi connectivity index (χ1n) is 8.22. The van der Waals surface area contributed by atoms with Gasteiger partial charge in [-0.3, -0.25) is 4.79 Å². The number of pyridine rings is 1. The number of methoxy groups -OCH3 is 1. The number of carbonyl (C=O) groups is 2. The molecule has 0 bridgehead atoms. The van der Waals surface area contributed by atoms with E-state index in [2.05, 4.69) is 22.0 Å². The summed E-state index contributed by atoms with van der Waals surface area (Å²) in [6.07, 6.45) is 3.81. The molecular formula is C19H23N3O3. The van der Waals surface area contributed by atoms with Crippen LogP contribution in [0.4, 0.5) is 11.5 Å². The van der Waals surface area contributed by atoms with Crippen LogP contribution in [0.1, 0.15) is 40.5 Å². The number of hydrogen-bond acceptors (Lipinski definition) is 5. The Morgan fingerprint density at radius 3 is 2.52 bits per heavy atom. The van der Waals surface area contributed by atoms with Gasteiger partial charge in [-0.1, -0.05) is 13.3 Å². The van der Waals surface area contributed by atoms with Crippen molar-refractivity contribution < 1.29 is 14.3 Å². The zero-order chi connectivity index (χ0) is 18.2. The first-order chi connectivity index (χ1) is 12.0. The molecule has 1 aromatic carbocycles. The molecule has 0 saturated heterocycles. The number of nitrogens with zero attached hydrogens (tertiary/aromatic N) is 2. The van der Waals surface area contributed by atoms with E-state index in [1.54, 1.807) is 42.6 Å². The first kappa shape index (κ1) is 18.4. The number of ether oxygens (including phenoxy) is 1. The van der Waals surface area contributed by atoms with E-state index in [-0.39, 0.29) is 5.91 Å². The van der Waals surface area contributed by atoms with Gasteiger partial charge in [0, 0.05) is 31.0 Å². The highest BCUT2D eigenvalue weighted by molar-refractivity contribution is 6.04. The van der Waals surface area contributed by atoms with Crippen molar-refractivity contribution in [2.45, 2.75) is 19.8 Å². The molecule has 1 amide bonds. The summed E-state index contributed by atoms with van der Waals surface area (Å²) in [5, 5.41) is 2.81. The van der Waals surface area contributed by atoms with Crippen LogP contribution in [0.2, 0.25) is 0 Å². The Morgan fingerprint density at radius 1 is 1.16 bits per heavy atom. The van der Waals surface area contributed by atoms with Gasteiger partial charge in [0.25, 0.3) is 5.91 Å². The highest BCUT2D eigenvalue weighted by Gasteiger charge is 2.10. The minimum absolute atomic E-state index is 0.224. The van der Waals surface area contributed by atoms with Gasteiger partial charge in [0.1, 0.15) is 5.82 Å². The van der Waals surface area contributed by atoms with Crippen LogP contribution in [0.5, 0.6) is 0 Å². The highest BCUT2D eigenvalue weighted by atomic mass is 16.5. The maximum absolute atomic E-state index is 12.4. The Hall–Kier alpha value is -2.89. The van der Waals surface area contributed by atoms with Crippen LogP contribution < -0.4 is 10.2 Å². The number of carbonyl (C=O) groups excluding carboxylic acids is 2. The molecule has 0 spiro atoms. The van der Waals surface area contributed by atoms with Crippen LogP contribution in [0.3, 0.4) is 0 Å². The average molecular weight is 341 g/mol. The van der Waals surface area contributed by atoms with Gasteiger partial charge in [-0.25, -0.2) is 9.78 Å². The van der Waals surface area contributed by atoms with Gasteiger partial charge < -0.3 is 15.0 Å². The molecule has 0 aliphatic heterocycles. The van der Waals surface area contributed by atoms with E-state index in [1.165, 1.54) is 7.11 Å². The van der Waals surface area contributed by atoms with Gasteiger partial charge in [-0.05, 0) is 42.8 Å². The molecule has 2 aromatic rings. The average Bonchev–Trinajstić information content (AvgIpc) is 2.66. The molecule has 0 unspecified atom stereocenters. The smallest absolute Gasteiger partial charge is 0.337 e. The molecule has 0 fully saturated rings. The summed E-state index contributed by atoms with van der Waals surface area (Å²) in [6.45, 7) is 3.03. The third-order valence-electron chi connectivity index (χ3n) is 3.81. The molecule has 0 saturated carbocycles. The van der Waals surface area contributed by atoms with Gasteiger partial charge >= 0.3 is 5.97 Å². The first-order valence-corrected chi connectivity index (χ1v) is 8.22. The number of nitrogens with one attached hydrogen (secondary N) is 1. The number of aromatic nitrogens is 1. The molecule has 132 valence electrons. The molecular weight excluding hydrogens is 318 g/mol. The Bertz CT molecular complexity index is 729. The van der Waals surface area contributed by atoms with Crippen LogP contribution in [-0.2, 0) is 4.74 Å². The van der Waals surface area contributed by atoms with Crippen molar-refractivity contribution in [1.82, 2.24) is 4.98 Å². The number of rotatable bonds is 7. The van der Waals surface area contributed by atoms with Gasteiger partial charge in [0.15, 0.2) is 0 Å². The van der Waals surface area contributed by atoms with Crippen molar-refractivity contribution in [2.75, 3.05) is 30.9 Å². The summed E-state index contributed by atoms with van der Waals surface area (Å²) < 4.78 is 4.65. The molecule has 0 aliphatic rings. The summed E-state index contributed by atoms with van der Waals surface area (Å²) in [7, 11) is 3.29. The SMILES string of the molecule is CCCCN(C)c1cc(C(=O)Nc2ccc(C(=O)OC)cc2)ccn1. The van der Waals surface area contributed by atoms with Crippen molar-refractivity contribution in [2.24, 2.45) is 0 Å². The van der Waals surface area contributed by atoms with Crippen LogP contribution in [0.25, 0.3) is 0 Å². The van der Waals surface area contributed by atoms with E-state index < -0.39 is 5.97 Å². The quantitative estimate of drug-likeness (QED) is 0.782. The molecule has 0 atom stereocenters. The minimum Gasteiger partial charge on any atom is -0.465 e. The fraction of sp³-hybridized carbons (Fsp3) is 0.316. The van der Waals surface area contributed by atoms with E-state index >= 15 is 0 Å². The van der Waals surface area contributed by atoms with Crippen molar-refractivity contribution in [3.05, 3.63) is 53.7 Å². The molecule has 6 nitrogen and oxygen atoms in total. The van der Waals surface area contributed by atoms with E-state index in [9.17, 15) is 9.59 Å². The van der Waals surface area contributed by atoms with Crippen molar-refractivity contribution in [1.29, 1.82) is 0 Å². The van der Waals surface area contributed by atoms with Gasteiger partial charge in [-0.2, -0.15) is 0 Å². The third-order valence-corrected chi connectivity index (χ3v) is 3.81. The van der Waals surface area contributed by atoms with Gasteiger partial charge in [0.05, 0.1) is 12.7 Å². The fourth-order valence-electron chi connectivity index (χ4n) is 2.29. The molecule has 2 rings (SSSR count). The summed E-state index contributed by atoms with van der Waals surface area (Å²) in [5.74, 6) is 0.132. The summed E-state index contributed by atoms with van der Waals surface area (Å²) in [6, 6.07) is 10.00. The minimum atomic E-state index is -0.410. The monoisotopic (exact) mass is 341 g/mol. The predicted molar refractivity (Wildman–Crippen MR) is 98.1 cm³/mol. The van der Waals surface area contributed by atoms with E-state index in [0.717, 1.165) is 25.2 Å². The number of benzene rings is 1. The molecule has 1 N–H and O–H groups in total. The lowest BCUT2D eigenvalue weighted by molar-refractivity contribution is 0.0600. The second kappa shape index (κ2) is 8.82. The lowest BCUT2D eigenvalue weighted by Crippen LogP contribution is -2.20. The molecule has 1 aromatic heterocycles. The maximum Gasteiger partial charge on any atom is 0.337 e. The second-order valence-corrected chi connectivity index (χ2v) is 5.70. The van der Waals surface area contributed by atoms with Crippen molar-refractivity contribution in [3.8, 4) is 0 Å². The Morgan fingerprint density at radius 2 is 1.88 bits per heavy atom. The summed E-state index contributed by atoms with van der Waals surface area (Å²) in [5.41, 5.74) is 1.57. The van der Waals surface area contributed by atoms with Crippen LogP contribution in [-0.4, -0.2) is 37.6 Å². The Balaban J connectivity index is 2.06. The highest BCUT2D eigenvalue weighted by Crippen LogP contribution is 2.15. The largest absolute Gasteiger partial charge is 0.465 e. The van der Waals surface area contributed by atoms with E-state index in [1.807, 2.05) is 11.9 Å². The standard InChI is InChI=1S/C19H23N3O3/c1-4-5-12-22(2)17-13-15(10-11-20-17)18(23)21-16-8-6-14(7-9-16)19(24)25-3/h6-11,13H,4-5,12H2,1-3H3,(H,21,23). The summed E-state index contributed by atoms with van der Waals surface area (Å²) in [4.78, 5) is 30.2.